The van der Waals surface area contributed by atoms with Crippen molar-refractivity contribution in [3.8, 4) is 0 Å². The molecule has 0 unspecified atom stereocenters. The third kappa shape index (κ3) is 3.62. The summed E-state index contributed by atoms with van der Waals surface area (Å²) >= 11 is 11.8. The minimum Gasteiger partial charge on any atom is -0.452 e. The molecule has 1 heterocycles. The topological polar surface area (TPSA) is 55.8 Å². The van der Waals surface area contributed by atoms with Crippen molar-refractivity contribution in [1.29, 1.82) is 0 Å². The van der Waals surface area contributed by atoms with Crippen molar-refractivity contribution in [2.24, 2.45) is 0 Å². The van der Waals surface area contributed by atoms with Gasteiger partial charge in [0.2, 0.25) is 0 Å². The van der Waals surface area contributed by atoms with E-state index < -0.39 is 5.97 Å². The predicted octanol–water partition coefficient (Wildman–Crippen LogP) is 2.01. The molecule has 20 heavy (non-hydrogen) atoms. The zero-order chi connectivity index (χ0) is 14.5. The lowest BCUT2D eigenvalue weighted by atomic mass is 10.2. The molecule has 0 atom stereocenters. The summed E-state index contributed by atoms with van der Waals surface area (Å²) in [6.45, 7) is 1.67. The van der Waals surface area contributed by atoms with Gasteiger partial charge in [0.05, 0.1) is 28.8 Å². The van der Waals surface area contributed by atoms with E-state index in [-0.39, 0.29) is 28.1 Å². The van der Waals surface area contributed by atoms with E-state index in [1.807, 2.05) is 0 Å². The molecular weight excluding hydrogens is 305 g/mol. The van der Waals surface area contributed by atoms with E-state index in [1.165, 1.54) is 12.1 Å². The first-order valence-corrected chi connectivity index (χ1v) is 6.82. The number of amides is 1. The molecule has 108 valence electrons. The van der Waals surface area contributed by atoms with Gasteiger partial charge in [0.25, 0.3) is 5.91 Å². The van der Waals surface area contributed by atoms with Crippen molar-refractivity contribution in [2.45, 2.75) is 0 Å². The molecular formula is C13H13Cl2NO4. The average Bonchev–Trinajstić information content (AvgIpc) is 2.45. The molecule has 1 fully saturated rings. The second-order valence-electron chi connectivity index (χ2n) is 4.17. The van der Waals surface area contributed by atoms with Gasteiger partial charge in [-0.05, 0) is 12.1 Å². The first-order valence-electron chi connectivity index (χ1n) is 6.06. The molecule has 1 aliphatic rings. The zero-order valence-electron chi connectivity index (χ0n) is 10.6. The molecule has 1 amide bonds. The number of hydrogen-bond acceptors (Lipinski definition) is 4. The van der Waals surface area contributed by atoms with Crippen molar-refractivity contribution in [2.75, 3.05) is 32.9 Å². The molecule has 7 heteroatoms. The van der Waals surface area contributed by atoms with Crippen molar-refractivity contribution < 1.29 is 19.1 Å². The Morgan fingerprint density at radius 1 is 1.20 bits per heavy atom. The summed E-state index contributed by atoms with van der Waals surface area (Å²) in [5, 5.41) is 0.391. The number of hydrogen-bond donors (Lipinski definition) is 0. The second kappa shape index (κ2) is 6.92. The van der Waals surface area contributed by atoms with Gasteiger partial charge in [-0.1, -0.05) is 29.3 Å². The fourth-order valence-electron chi connectivity index (χ4n) is 1.80. The molecule has 0 N–H and O–H groups in total. The van der Waals surface area contributed by atoms with E-state index in [0.29, 0.717) is 26.3 Å². The largest absolute Gasteiger partial charge is 0.452 e. The number of morpholine rings is 1. The number of esters is 1. The fourth-order valence-corrected chi connectivity index (χ4v) is 2.35. The minimum absolute atomic E-state index is 0.0746. The zero-order valence-corrected chi connectivity index (χ0v) is 12.1. The SMILES string of the molecule is O=C(OCC(=O)N1CCOCC1)c1c(Cl)cccc1Cl. The molecule has 0 aliphatic carbocycles. The van der Waals surface area contributed by atoms with Gasteiger partial charge in [0.1, 0.15) is 0 Å². The van der Waals surface area contributed by atoms with Gasteiger partial charge in [-0.3, -0.25) is 4.79 Å². The summed E-state index contributed by atoms with van der Waals surface area (Å²) in [5.74, 6) is -0.966. The minimum atomic E-state index is -0.706. The van der Waals surface area contributed by atoms with E-state index in [1.54, 1.807) is 11.0 Å². The summed E-state index contributed by atoms with van der Waals surface area (Å²) < 4.78 is 10.1. The van der Waals surface area contributed by atoms with Gasteiger partial charge < -0.3 is 14.4 Å². The highest BCUT2D eigenvalue weighted by atomic mass is 35.5. The normalized spacial score (nSPS) is 15.0. The molecule has 0 aromatic heterocycles. The highest BCUT2D eigenvalue weighted by molar-refractivity contribution is 6.39. The van der Waals surface area contributed by atoms with E-state index in [0.717, 1.165) is 0 Å². The van der Waals surface area contributed by atoms with Crippen molar-refractivity contribution >= 4 is 35.1 Å². The summed E-state index contributed by atoms with van der Waals surface area (Å²) in [7, 11) is 0. The maximum atomic E-state index is 11.9. The van der Waals surface area contributed by atoms with Crippen LogP contribution in [0, 0.1) is 0 Å². The smallest absolute Gasteiger partial charge is 0.341 e. The quantitative estimate of drug-likeness (QED) is 0.800. The summed E-state index contributed by atoms with van der Waals surface area (Å²) in [4.78, 5) is 25.3. The Hall–Kier alpha value is -1.30. The Balaban J connectivity index is 1.93. The molecule has 1 aliphatic heterocycles. The second-order valence-corrected chi connectivity index (χ2v) is 4.98. The van der Waals surface area contributed by atoms with Crippen LogP contribution in [0.2, 0.25) is 10.0 Å². The van der Waals surface area contributed by atoms with Gasteiger partial charge >= 0.3 is 5.97 Å². The fraction of sp³-hybridized carbons (Fsp3) is 0.385. The lowest BCUT2D eigenvalue weighted by Gasteiger charge is -2.26. The monoisotopic (exact) mass is 317 g/mol. The molecule has 0 radical (unpaired) electrons. The van der Waals surface area contributed by atoms with Crippen LogP contribution >= 0.6 is 23.2 Å². The average molecular weight is 318 g/mol. The van der Waals surface area contributed by atoms with Crippen LogP contribution in [-0.2, 0) is 14.3 Å². The standard InChI is InChI=1S/C13H13Cl2NO4/c14-9-2-1-3-10(15)12(9)13(18)20-8-11(17)16-4-6-19-7-5-16/h1-3H,4-8H2. The van der Waals surface area contributed by atoms with Crippen LogP contribution < -0.4 is 0 Å². The van der Waals surface area contributed by atoms with Crippen LogP contribution in [-0.4, -0.2) is 49.7 Å². The maximum Gasteiger partial charge on any atom is 0.341 e. The number of carbonyl (C=O) groups excluding carboxylic acids is 2. The molecule has 5 nitrogen and oxygen atoms in total. The van der Waals surface area contributed by atoms with Gasteiger partial charge in [0, 0.05) is 13.1 Å². The lowest BCUT2D eigenvalue weighted by molar-refractivity contribution is -0.138. The summed E-state index contributed by atoms with van der Waals surface area (Å²) in [6.07, 6.45) is 0. The number of carbonyl (C=O) groups is 2. The van der Waals surface area contributed by atoms with Gasteiger partial charge in [-0.2, -0.15) is 0 Å². The van der Waals surface area contributed by atoms with Crippen LogP contribution in [0.4, 0.5) is 0 Å². The number of rotatable bonds is 3. The molecule has 1 aromatic carbocycles. The van der Waals surface area contributed by atoms with E-state index in [2.05, 4.69) is 0 Å². The highest BCUT2D eigenvalue weighted by Gasteiger charge is 2.21. The molecule has 0 spiro atoms. The van der Waals surface area contributed by atoms with Crippen molar-refractivity contribution in [1.82, 2.24) is 4.90 Å². The van der Waals surface area contributed by atoms with Crippen LogP contribution in [0.25, 0.3) is 0 Å². The van der Waals surface area contributed by atoms with E-state index in [9.17, 15) is 9.59 Å². The molecule has 0 bridgehead atoms. The Kier molecular flexibility index (Phi) is 5.23. The van der Waals surface area contributed by atoms with Crippen molar-refractivity contribution in [3.63, 3.8) is 0 Å². The molecule has 0 saturated carbocycles. The Morgan fingerprint density at radius 3 is 2.40 bits per heavy atom. The number of halogens is 2. The molecule has 1 saturated heterocycles. The molecule has 1 aromatic rings. The van der Waals surface area contributed by atoms with Gasteiger partial charge in [-0.25, -0.2) is 4.79 Å². The number of ether oxygens (including phenoxy) is 2. The van der Waals surface area contributed by atoms with Crippen LogP contribution in [0.3, 0.4) is 0 Å². The van der Waals surface area contributed by atoms with Crippen LogP contribution in [0.5, 0.6) is 0 Å². The Labute approximate surface area is 126 Å². The van der Waals surface area contributed by atoms with Crippen LogP contribution in [0.1, 0.15) is 10.4 Å². The summed E-state index contributed by atoms with van der Waals surface area (Å²) in [6, 6.07) is 4.70. The highest BCUT2D eigenvalue weighted by Crippen LogP contribution is 2.24. The third-order valence-electron chi connectivity index (χ3n) is 2.86. The van der Waals surface area contributed by atoms with Crippen molar-refractivity contribution in [3.05, 3.63) is 33.8 Å². The van der Waals surface area contributed by atoms with Crippen LogP contribution in [0.15, 0.2) is 18.2 Å². The maximum absolute atomic E-state index is 11.9. The number of nitrogens with zero attached hydrogens (tertiary/aromatic N) is 1. The lowest BCUT2D eigenvalue weighted by Crippen LogP contribution is -2.42. The third-order valence-corrected chi connectivity index (χ3v) is 3.49. The van der Waals surface area contributed by atoms with E-state index >= 15 is 0 Å². The molecule has 2 rings (SSSR count). The first-order chi connectivity index (χ1) is 9.59. The van der Waals surface area contributed by atoms with Gasteiger partial charge in [0.15, 0.2) is 6.61 Å². The Bertz CT molecular complexity index is 495. The predicted molar refractivity (Wildman–Crippen MR) is 74.1 cm³/mol. The Morgan fingerprint density at radius 2 is 1.80 bits per heavy atom. The first kappa shape index (κ1) is 15.1. The summed E-state index contributed by atoms with van der Waals surface area (Å²) in [5.41, 5.74) is 0.0746. The van der Waals surface area contributed by atoms with E-state index in [4.69, 9.17) is 32.7 Å². The van der Waals surface area contributed by atoms with Gasteiger partial charge in [-0.15, -0.1) is 0 Å². The number of benzene rings is 1.